The zero-order chi connectivity index (χ0) is 17.4. The van der Waals surface area contributed by atoms with Crippen molar-refractivity contribution in [1.29, 1.82) is 0 Å². The summed E-state index contributed by atoms with van der Waals surface area (Å²) in [4.78, 5) is 11.3. The highest BCUT2D eigenvalue weighted by atomic mass is 32.2. The number of benzene rings is 1. The first-order chi connectivity index (χ1) is 11.5. The fraction of sp³-hybridized carbons (Fsp3) is 0.588. The van der Waals surface area contributed by atoms with E-state index in [9.17, 15) is 13.2 Å². The van der Waals surface area contributed by atoms with Crippen LogP contribution in [0.3, 0.4) is 0 Å². The molecule has 6 nitrogen and oxygen atoms in total. The first kappa shape index (κ1) is 18.7. The van der Waals surface area contributed by atoms with Crippen molar-refractivity contribution in [2.24, 2.45) is 5.92 Å². The summed E-state index contributed by atoms with van der Waals surface area (Å²) in [5.41, 5.74) is 0. The van der Waals surface area contributed by atoms with Crippen LogP contribution in [0, 0.1) is 5.92 Å². The second-order valence-corrected chi connectivity index (χ2v) is 7.87. The van der Waals surface area contributed by atoms with Gasteiger partial charge in [-0.1, -0.05) is 19.3 Å². The van der Waals surface area contributed by atoms with Gasteiger partial charge in [-0.25, -0.2) is 13.1 Å². The maximum Gasteiger partial charge on any atom is 0.240 e. The standard InChI is InChI=1S/C17H26N2O4S/c1-18-17(20)11-12-19-24(21,22)16-9-7-15(8-10-16)23-13-14-5-3-2-4-6-14/h7-10,14,19H,2-6,11-13H2,1H3,(H,18,20). The molecule has 1 aliphatic rings. The van der Waals surface area contributed by atoms with Gasteiger partial charge in [0.15, 0.2) is 0 Å². The molecule has 2 rings (SSSR count). The summed E-state index contributed by atoms with van der Waals surface area (Å²) >= 11 is 0. The Balaban J connectivity index is 1.84. The van der Waals surface area contributed by atoms with Crippen LogP contribution in [0.25, 0.3) is 0 Å². The largest absolute Gasteiger partial charge is 0.493 e. The van der Waals surface area contributed by atoms with Gasteiger partial charge in [0.25, 0.3) is 0 Å². The van der Waals surface area contributed by atoms with Crippen LogP contribution in [0.15, 0.2) is 29.2 Å². The Labute approximate surface area is 144 Å². The first-order valence-corrected chi connectivity index (χ1v) is 9.92. The summed E-state index contributed by atoms with van der Waals surface area (Å²) in [5, 5.41) is 2.45. The average molecular weight is 354 g/mol. The molecular weight excluding hydrogens is 328 g/mol. The minimum atomic E-state index is -3.60. The zero-order valence-corrected chi connectivity index (χ0v) is 14.9. The van der Waals surface area contributed by atoms with E-state index < -0.39 is 10.0 Å². The molecule has 0 saturated heterocycles. The second kappa shape index (κ2) is 9.03. The molecule has 1 aliphatic carbocycles. The molecule has 134 valence electrons. The number of carbonyl (C=O) groups excluding carboxylic acids is 1. The van der Waals surface area contributed by atoms with E-state index in [2.05, 4.69) is 10.0 Å². The van der Waals surface area contributed by atoms with E-state index in [0.29, 0.717) is 18.3 Å². The van der Waals surface area contributed by atoms with Gasteiger partial charge in [0.05, 0.1) is 11.5 Å². The summed E-state index contributed by atoms with van der Waals surface area (Å²) in [6.45, 7) is 0.762. The van der Waals surface area contributed by atoms with Crippen LogP contribution < -0.4 is 14.8 Å². The van der Waals surface area contributed by atoms with E-state index in [0.717, 1.165) is 0 Å². The number of nitrogens with one attached hydrogen (secondary N) is 2. The third kappa shape index (κ3) is 5.79. The third-order valence-electron chi connectivity index (χ3n) is 4.27. The maximum atomic E-state index is 12.1. The molecule has 24 heavy (non-hydrogen) atoms. The summed E-state index contributed by atoms with van der Waals surface area (Å²) in [5.74, 6) is 1.09. The molecule has 0 bridgehead atoms. The second-order valence-electron chi connectivity index (χ2n) is 6.11. The molecule has 0 radical (unpaired) electrons. The molecule has 0 heterocycles. The number of carbonyl (C=O) groups is 1. The summed E-state index contributed by atoms with van der Waals surface area (Å²) in [7, 11) is -2.09. The molecule has 1 amide bonds. The monoisotopic (exact) mass is 354 g/mol. The average Bonchev–Trinajstić information content (AvgIpc) is 2.61. The Bertz CT molecular complexity index is 622. The molecule has 0 spiro atoms. The highest BCUT2D eigenvalue weighted by Crippen LogP contribution is 2.25. The highest BCUT2D eigenvalue weighted by Gasteiger charge is 2.16. The molecule has 0 atom stereocenters. The van der Waals surface area contributed by atoms with Crippen LogP contribution >= 0.6 is 0 Å². The number of ether oxygens (including phenoxy) is 1. The molecule has 1 aromatic carbocycles. The van der Waals surface area contributed by atoms with Gasteiger partial charge in [-0.3, -0.25) is 4.79 Å². The van der Waals surface area contributed by atoms with Crippen LogP contribution in [0.2, 0.25) is 0 Å². The minimum absolute atomic E-state index is 0.0714. The molecule has 0 unspecified atom stereocenters. The number of amides is 1. The fourth-order valence-corrected chi connectivity index (χ4v) is 3.82. The predicted octanol–water partition coefficient (Wildman–Crippen LogP) is 2.06. The van der Waals surface area contributed by atoms with Gasteiger partial charge in [0, 0.05) is 20.0 Å². The van der Waals surface area contributed by atoms with E-state index in [1.165, 1.54) is 51.3 Å². The van der Waals surface area contributed by atoms with Crippen LogP contribution in [0.5, 0.6) is 5.75 Å². The molecule has 0 aliphatic heterocycles. The summed E-state index contributed by atoms with van der Waals surface area (Å²) in [6, 6.07) is 6.41. The van der Waals surface area contributed by atoms with Gasteiger partial charge in [0.1, 0.15) is 5.75 Å². The lowest BCUT2D eigenvalue weighted by Crippen LogP contribution is -2.29. The van der Waals surface area contributed by atoms with Gasteiger partial charge in [0.2, 0.25) is 15.9 Å². The maximum absolute atomic E-state index is 12.1. The molecule has 7 heteroatoms. The van der Waals surface area contributed by atoms with Crippen LogP contribution in [0.1, 0.15) is 38.5 Å². The lowest BCUT2D eigenvalue weighted by Gasteiger charge is -2.21. The van der Waals surface area contributed by atoms with Crippen molar-refractivity contribution in [3.63, 3.8) is 0 Å². The molecule has 1 fully saturated rings. The van der Waals surface area contributed by atoms with E-state index in [1.807, 2.05) is 0 Å². The van der Waals surface area contributed by atoms with Gasteiger partial charge in [-0.2, -0.15) is 0 Å². The molecule has 1 saturated carbocycles. The summed E-state index contributed by atoms with van der Waals surface area (Å²) in [6.07, 6.45) is 6.39. The molecule has 2 N–H and O–H groups in total. The Hall–Kier alpha value is -1.60. The predicted molar refractivity (Wildman–Crippen MR) is 92.4 cm³/mol. The van der Waals surface area contributed by atoms with Gasteiger partial charge >= 0.3 is 0 Å². The van der Waals surface area contributed by atoms with E-state index in [1.54, 1.807) is 12.1 Å². The van der Waals surface area contributed by atoms with Crippen molar-refractivity contribution in [1.82, 2.24) is 10.0 Å². The smallest absolute Gasteiger partial charge is 0.240 e. The Morgan fingerprint density at radius 3 is 2.46 bits per heavy atom. The Morgan fingerprint density at radius 2 is 1.83 bits per heavy atom. The van der Waals surface area contributed by atoms with Crippen LogP contribution in [-0.4, -0.2) is 34.5 Å². The zero-order valence-electron chi connectivity index (χ0n) is 14.1. The van der Waals surface area contributed by atoms with E-state index >= 15 is 0 Å². The minimum Gasteiger partial charge on any atom is -0.493 e. The van der Waals surface area contributed by atoms with Crippen molar-refractivity contribution < 1.29 is 17.9 Å². The third-order valence-corrected chi connectivity index (χ3v) is 5.74. The van der Waals surface area contributed by atoms with Gasteiger partial charge in [-0.05, 0) is 43.0 Å². The van der Waals surface area contributed by atoms with Crippen LogP contribution in [0.4, 0.5) is 0 Å². The summed E-state index contributed by atoms with van der Waals surface area (Å²) < 4.78 is 32.5. The molecule has 0 aromatic heterocycles. The topological polar surface area (TPSA) is 84.5 Å². The first-order valence-electron chi connectivity index (χ1n) is 8.44. The van der Waals surface area contributed by atoms with Crippen molar-refractivity contribution in [2.75, 3.05) is 20.2 Å². The van der Waals surface area contributed by atoms with Crippen molar-refractivity contribution in [2.45, 2.75) is 43.4 Å². The number of hydrogen-bond acceptors (Lipinski definition) is 4. The van der Waals surface area contributed by atoms with Crippen LogP contribution in [-0.2, 0) is 14.8 Å². The lowest BCUT2D eigenvalue weighted by molar-refractivity contribution is -0.120. The number of rotatable bonds is 8. The SMILES string of the molecule is CNC(=O)CCNS(=O)(=O)c1ccc(OCC2CCCCC2)cc1. The molecular formula is C17H26N2O4S. The highest BCUT2D eigenvalue weighted by molar-refractivity contribution is 7.89. The van der Waals surface area contributed by atoms with Gasteiger partial charge in [-0.15, -0.1) is 0 Å². The van der Waals surface area contributed by atoms with Crippen molar-refractivity contribution in [3.05, 3.63) is 24.3 Å². The van der Waals surface area contributed by atoms with Crippen molar-refractivity contribution in [3.8, 4) is 5.75 Å². The quantitative estimate of drug-likeness (QED) is 0.748. The van der Waals surface area contributed by atoms with E-state index in [4.69, 9.17) is 4.74 Å². The fourth-order valence-electron chi connectivity index (χ4n) is 2.79. The normalized spacial score (nSPS) is 15.9. The Morgan fingerprint density at radius 1 is 1.17 bits per heavy atom. The van der Waals surface area contributed by atoms with E-state index in [-0.39, 0.29) is 23.8 Å². The molecule has 1 aromatic rings. The number of sulfonamides is 1. The lowest BCUT2D eigenvalue weighted by atomic mass is 9.90. The number of hydrogen-bond donors (Lipinski definition) is 2. The van der Waals surface area contributed by atoms with Crippen molar-refractivity contribution >= 4 is 15.9 Å². The Kier molecular flexibility index (Phi) is 7.05. The van der Waals surface area contributed by atoms with Gasteiger partial charge < -0.3 is 10.1 Å².